The number of fused-ring (bicyclic) bond motifs is 1. The minimum Gasteiger partial charge on any atom is -0.455 e. The van der Waals surface area contributed by atoms with Crippen LogP contribution >= 0.6 is 27.5 Å². The topological polar surface area (TPSA) is 30.2 Å². The predicted molar refractivity (Wildman–Crippen MR) is 90.7 cm³/mol. The lowest BCUT2D eigenvalue weighted by atomic mass is 10.2. The van der Waals surface area contributed by atoms with Gasteiger partial charge in [-0.15, -0.1) is 0 Å². The van der Waals surface area contributed by atoms with E-state index in [2.05, 4.69) is 15.9 Å². The average Bonchev–Trinajstić information content (AvgIpc) is 2.49. The van der Waals surface area contributed by atoms with Crippen molar-refractivity contribution in [3.63, 3.8) is 0 Å². The van der Waals surface area contributed by atoms with Gasteiger partial charge in [-0.05, 0) is 51.8 Å². The van der Waals surface area contributed by atoms with Crippen LogP contribution in [0.2, 0.25) is 5.02 Å². The van der Waals surface area contributed by atoms with Crippen LogP contribution in [0.4, 0.5) is 0 Å². The van der Waals surface area contributed by atoms with Crippen molar-refractivity contribution in [1.82, 2.24) is 0 Å². The van der Waals surface area contributed by atoms with Crippen molar-refractivity contribution < 1.29 is 4.42 Å². The number of halogens is 2. The molecule has 0 N–H and O–H groups in total. The molecular weight excluding hydrogens is 352 g/mol. The third-order valence-electron chi connectivity index (χ3n) is 3.03. The Morgan fingerprint density at radius 3 is 2.57 bits per heavy atom. The standard InChI is InChI=1S/C17H10BrClO2/c18-14(9-11-5-7-12(19)8-6-11)17-10-15(20)13-3-1-2-4-16(13)21-17/h1-10H/b14-9-. The number of hydrogen-bond acceptors (Lipinski definition) is 2. The summed E-state index contributed by atoms with van der Waals surface area (Å²) in [6.07, 6.45) is 1.88. The van der Waals surface area contributed by atoms with Crippen LogP contribution in [0, 0.1) is 0 Å². The maximum absolute atomic E-state index is 12.1. The summed E-state index contributed by atoms with van der Waals surface area (Å²) in [7, 11) is 0. The van der Waals surface area contributed by atoms with E-state index in [-0.39, 0.29) is 5.43 Å². The Balaban J connectivity index is 2.07. The normalized spacial score (nSPS) is 11.8. The molecule has 0 aliphatic rings. The third-order valence-corrected chi connectivity index (χ3v) is 3.91. The molecule has 1 aromatic heterocycles. The zero-order valence-corrected chi connectivity index (χ0v) is 13.2. The molecule has 0 radical (unpaired) electrons. The zero-order valence-electron chi connectivity index (χ0n) is 10.8. The number of hydrogen-bond donors (Lipinski definition) is 0. The maximum atomic E-state index is 12.1. The molecule has 0 bridgehead atoms. The second-order valence-electron chi connectivity index (χ2n) is 4.51. The molecule has 0 aliphatic carbocycles. The van der Waals surface area contributed by atoms with Gasteiger partial charge in [-0.25, -0.2) is 0 Å². The van der Waals surface area contributed by atoms with E-state index in [9.17, 15) is 4.79 Å². The Kier molecular flexibility index (Phi) is 3.95. The van der Waals surface area contributed by atoms with Crippen LogP contribution in [-0.4, -0.2) is 0 Å². The predicted octanol–water partition coefficient (Wildman–Crippen LogP) is 5.34. The van der Waals surface area contributed by atoms with Crippen molar-refractivity contribution in [3.8, 4) is 0 Å². The molecule has 4 heteroatoms. The number of rotatable bonds is 2. The Hall–Kier alpha value is -1.84. The summed E-state index contributed by atoms with van der Waals surface area (Å²) in [5.41, 5.74) is 1.47. The van der Waals surface area contributed by atoms with E-state index in [0.717, 1.165) is 5.56 Å². The van der Waals surface area contributed by atoms with Crippen LogP contribution in [-0.2, 0) is 0 Å². The smallest absolute Gasteiger partial charge is 0.193 e. The fraction of sp³-hybridized carbons (Fsp3) is 0. The molecule has 0 unspecified atom stereocenters. The van der Waals surface area contributed by atoms with Gasteiger partial charge in [0.25, 0.3) is 0 Å². The van der Waals surface area contributed by atoms with Crippen molar-refractivity contribution in [1.29, 1.82) is 0 Å². The van der Waals surface area contributed by atoms with Gasteiger partial charge in [0, 0.05) is 11.1 Å². The molecule has 0 saturated carbocycles. The highest BCUT2D eigenvalue weighted by Crippen LogP contribution is 2.26. The van der Waals surface area contributed by atoms with Crippen molar-refractivity contribution in [2.24, 2.45) is 0 Å². The molecule has 0 saturated heterocycles. The molecule has 0 atom stereocenters. The highest BCUT2D eigenvalue weighted by Gasteiger charge is 2.07. The maximum Gasteiger partial charge on any atom is 0.193 e. The van der Waals surface area contributed by atoms with Gasteiger partial charge in [-0.3, -0.25) is 4.79 Å². The van der Waals surface area contributed by atoms with E-state index in [4.69, 9.17) is 16.0 Å². The van der Waals surface area contributed by atoms with Crippen LogP contribution in [0.1, 0.15) is 11.3 Å². The molecule has 0 amide bonds. The van der Waals surface area contributed by atoms with Crippen LogP contribution in [0.3, 0.4) is 0 Å². The van der Waals surface area contributed by atoms with E-state index < -0.39 is 0 Å². The highest BCUT2D eigenvalue weighted by molar-refractivity contribution is 9.15. The van der Waals surface area contributed by atoms with Gasteiger partial charge in [-0.1, -0.05) is 35.9 Å². The monoisotopic (exact) mass is 360 g/mol. The molecule has 3 aromatic rings. The van der Waals surface area contributed by atoms with E-state index in [1.165, 1.54) is 6.07 Å². The Morgan fingerprint density at radius 1 is 1.10 bits per heavy atom. The Labute approximate surface area is 134 Å². The summed E-state index contributed by atoms with van der Waals surface area (Å²) in [5.74, 6) is 0.494. The van der Waals surface area contributed by atoms with Gasteiger partial charge < -0.3 is 4.42 Å². The lowest BCUT2D eigenvalue weighted by Crippen LogP contribution is -2.00. The largest absolute Gasteiger partial charge is 0.455 e. The summed E-state index contributed by atoms with van der Waals surface area (Å²) in [6.45, 7) is 0. The molecule has 104 valence electrons. The first-order valence-electron chi connectivity index (χ1n) is 6.29. The summed E-state index contributed by atoms with van der Waals surface area (Å²) >= 11 is 9.32. The molecule has 0 spiro atoms. The SMILES string of the molecule is O=c1cc(/C(Br)=C/c2ccc(Cl)cc2)oc2ccccc12. The van der Waals surface area contributed by atoms with Gasteiger partial charge in [0.1, 0.15) is 11.3 Å². The molecule has 0 aliphatic heterocycles. The van der Waals surface area contributed by atoms with Crippen molar-refractivity contribution in [3.05, 3.63) is 81.2 Å². The van der Waals surface area contributed by atoms with E-state index in [1.54, 1.807) is 12.1 Å². The van der Waals surface area contributed by atoms with Crippen LogP contribution in [0.5, 0.6) is 0 Å². The molecule has 0 fully saturated rings. The quantitative estimate of drug-likeness (QED) is 0.617. The minimum atomic E-state index is -0.0618. The molecule has 3 rings (SSSR count). The highest BCUT2D eigenvalue weighted by atomic mass is 79.9. The van der Waals surface area contributed by atoms with Crippen LogP contribution in [0.15, 0.2) is 63.8 Å². The van der Waals surface area contributed by atoms with Gasteiger partial charge in [-0.2, -0.15) is 0 Å². The first kappa shape index (κ1) is 14.1. The lowest BCUT2D eigenvalue weighted by Gasteiger charge is -2.02. The lowest BCUT2D eigenvalue weighted by molar-refractivity contribution is 0.590. The molecule has 2 aromatic carbocycles. The second-order valence-corrected chi connectivity index (χ2v) is 5.81. The Bertz CT molecular complexity index is 879. The molecule has 1 heterocycles. The first-order chi connectivity index (χ1) is 10.1. The van der Waals surface area contributed by atoms with E-state index in [0.29, 0.717) is 26.2 Å². The summed E-state index contributed by atoms with van der Waals surface area (Å²) in [6, 6.07) is 16.1. The third kappa shape index (κ3) is 3.09. The zero-order chi connectivity index (χ0) is 14.8. The van der Waals surface area contributed by atoms with Gasteiger partial charge in [0.15, 0.2) is 5.43 Å². The molecule has 21 heavy (non-hydrogen) atoms. The Morgan fingerprint density at radius 2 is 1.81 bits per heavy atom. The van der Waals surface area contributed by atoms with Gasteiger partial charge in [0.05, 0.1) is 9.87 Å². The number of para-hydroxylation sites is 1. The fourth-order valence-electron chi connectivity index (χ4n) is 2.00. The first-order valence-corrected chi connectivity index (χ1v) is 7.46. The van der Waals surface area contributed by atoms with E-state index >= 15 is 0 Å². The van der Waals surface area contributed by atoms with Crippen LogP contribution < -0.4 is 5.43 Å². The fourth-order valence-corrected chi connectivity index (χ4v) is 2.58. The average molecular weight is 362 g/mol. The molecule has 2 nitrogen and oxygen atoms in total. The van der Waals surface area contributed by atoms with Crippen molar-refractivity contribution in [2.45, 2.75) is 0 Å². The van der Waals surface area contributed by atoms with Crippen molar-refractivity contribution in [2.75, 3.05) is 0 Å². The summed E-state index contributed by atoms with van der Waals surface area (Å²) in [5, 5.41) is 1.26. The minimum absolute atomic E-state index is 0.0618. The summed E-state index contributed by atoms with van der Waals surface area (Å²) < 4.78 is 6.46. The van der Waals surface area contributed by atoms with Crippen molar-refractivity contribution >= 4 is 49.1 Å². The van der Waals surface area contributed by atoms with Crippen LogP contribution in [0.25, 0.3) is 21.5 Å². The summed E-state index contributed by atoms with van der Waals surface area (Å²) in [4.78, 5) is 12.1. The van der Waals surface area contributed by atoms with Gasteiger partial charge in [0.2, 0.25) is 0 Å². The second kappa shape index (κ2) is 5.88. The number of benzene rings is 2. The van der Waals surface area contributed by atoms with Gasteiger partial charge >= 0.3 is 0 Å². The van der Waals surface area contributed by atoms with E-state index in [1.807, 2.05) is 42.5 Å². The molecular formula is C17H10BrClO2.